The van der Waals surface area contributed by atoms with Gasteiger partial charge >= 0.3 is 0 Å². The fourth-order valence-electron chi connectivity index (χ4n) is 3.20. The molecule has 0 spiro atoms. The highest BCUT2D eigenvalue weighted by atomic mass is 19.1. The molecule has 0 radical (unpaired) electrons. The minimum Gasteiger partial charge on any atom is -0.338 e. The number of amides is 1. The molecule has 0 bridgehead atoms. The molecule has 3 rings (SSSR count). The standard InChI is InChI=1S/C18H23FN4O/c1-12-13(10-21-23(12)15-7-5-4-6-14(15)19)17(24)22-9-8-16(20)18(2,3)11-22/h4-7,10,16H,8-9,11,20H2,1-3H3. The van der Waals surface area contributed by atoms with Crippen LogP contribution in [0, 0.1) is 18.2 Å². The van der Waals surface area contributed by atoms with E-state index in [1.54, 1.807) is 25.1 Å². The summed E-state index contributed by atoms with van der Waals surface area (Å²) in [6, 6.07) is 6.49. The van der Waals surface area contributed by atoms with Gasteiger partial charge in [-0.3, -0.25) is 4.79 Å². The second-order valence-electron chi connectivity index (χ2n) is 7.12. The SMILES string of the molecule is Cc1c(C(=O)N2CCC(N)C(C)(C)C2)cnn1-c1ccccc1F. The zero-order chi connectivity index (χ0) is 17.5. The van der Waals surface area contributed by atoms with Crippen LogP contribution in [-0.4, -0.2) is 39.7 Å². The van der Waals surface area contributed by atoms with Gasteiger partial charge in [-0.05, 0) is 30.9 Å². The maximum absolute atomic E-state index is 14.0. The van der Waals surface area contributed by atoms with Crippen molar-refractivity contribution in [1.82, 2.24) is 14.7 Å². The zero-order valence-corrected chi connectivity index (χ0v) is 14.3. The van der Waals surface area contributed by atoms with E-state index in [4.69, 9.17) is 5.73 Å². The number of nitrogens with zero attached hydrogens (tertiary/aromatic N) is 3. The lowest BCUT2D eigenvalue weighted by atomic mass is 9.79. The first kappa shape index (κ1) is 16.6. The Morgan fingerprint density at radius 3 is 2.75 bits per heavy atom. The summed E-state index contributed by atoms with van der Waals surface area (Å²) < 4.78 is 15.5. The Morgan fingerprint density at radius 1 is 1.38 bits per heavy atom. The molecule has 0 saturated carbocycles. The number of para-hydroxylation sites is 1. The van der Waals surface area contributed by atoms with Gasteiger partial charge in [0, 0.05) is 19.1 Å². The molecule has 2 aromatic rings. The average molecular weight is 330 g/mol. The van der Waals surface area contributed by atoms with Crippen LogP contribution in [0.4, 0.5) is 4.39 Å². The third-order valence-corrected chi connectivity index (χ3v) is 4.92. The maximum atomic E-state index is 14.0. The number of aromatic nitrogens is 2. The number of nitrogens with two attached hydrogens (primary N) is 1. The lowest BCUT2D eigenvalue weighted by molar-refractivity contribution is 0.0532. The third kappa shape index (κ3) is 2.82. The molecule has 5 nitrogen and oxygen atoms in total. The molecule has 128 valence electrons. The quantitative estimate of drug-likeness (QED) is 0.920. The van der Waals surface area contributed by atoms with Crippen LogP contribution in [0.15, 0.2) is 30.5 Å². The molecule has 2 heterocycles. The predicted molar refractivity (Wildman–Crippen MR) is 90.5 cm³/mol. The van der Waals surface area contributed by atoms with Crippen molar-refractivity contribution in [2.24, 2.45) is 11.1 Å². The lowest BCUT2D eigenvalue weighted by Gasteiger charge is -2.42. The molecule has 1 atom stereocenters. The van der Waals surface area contributed by atoms with Crippen LogP contribution in [0.1, 0.15) is 36.3 Å². The Morgan fingerprint density at radius 2 is 2.08 bits per heavy atom. The summed E-state index contributed by atoms with van der Waals surface area (Å²) in [4.78, 5) is 14.7. The summed E-state index contributed by atoms with van der Waals surface area (Å²) >= 11 is 0. The minimum atomic E-state index is -0.368. The molecule has 1 unspecified atom stereocenters. The second kappa shape index (κ2) is 6.02. The van der Waals surface area contributed by atoms with E-state index in [0.29, 0.717) is 30.0 Å². The van der Waals surface area contributed by atoms with Crippen LogP contribution in [0.5, 0.6) is 0 Å². The zero-order valence-electron chi connectivity index (χ0n) is 14.3. The molecule has 2 N–H and O–H groups in total. The molecular weight excluding hydrogens is 307 g/mol. The van der Waals surface area contributed by atoms with E-state index in [0.717, 1.165) is 6.42 Å². The molecule has 1 aromatic heterocycles. The van der Waals surface area contributed by atoms with Gasteiger partial charge in [-0.2, -0.15) is 5.10 Å². The summed E-state index contributed by atoms with van der Waals surface area (Å²) in [6.07, 6.45) is 2.30. The highest BCUT2D eigenvalue weighted by Gasteiger charge is 2.36. The lowest BCUT2D eigenvalue weighted by Crippen LogP contribution is -2.54. The summed E-state index contributed by atoms with van der Waals surface area (Å²) in [5, 5.41) is 4.22. The first-order chi connectivity index (χ1) is 11.3. The largest absolute Gasteiger partial charge is 0.338 e. The van der Waals surface area contributed by atoms with Gasteiger partial charge < -0.3 is 10.6 Å². The highest BCUT2D eigenvalue weighted by molar-refractivity contribution is 5.95. The van der Waals surface area contributed by atoms with E-state index in [2.05, 4.69) is 18.9 Å². The van der Waals surface area contributed by atoms with Gasteiger partial charge in [-0.25, -0.2) is 9.07 Å². The molecule has 1 amide bonds. The van der Waals surface area contributed by atoms with Gasteiger partial charge in [0.05, 0.1) is 17.5 Å². The molecule has 6 heteroatoms. The van der Waals surface area contributed by atoms with Gasteiger partial charge in [-0.15, -0.1) is 0 Å². The average Bonchev–Trinajstić information content (AvgIpc) is 2.91. The maximum Gasteiger partial charge on any atom is 0.257 e. The Hall–Kier alpha value is -2.21. The minimum absolute atomic E-state index is 0.0740. The highest BCUT2D eigenvalue weighted by Crippen LogP contribution is 2.29. The third-order valence-electron chi connectivity index (χ3n) is 4.92. The van der Waals surface area contributed by atoms with Crippen molar-refractivity contribution in [2.45, 2.75) is 33.2 Å². The van der Waals surface area contributed by atoms with Crippen molar-refractivity contribution in [3.05, 3.63) is 47.5 Å². The van der Waals surface area contributed by atoms with Crippen LogP contribution in [0.2, 0.25) is 0 Å². The Bertz CT molecular complexity index is 768. The van der Waals surface area contributed by atoms with Crippen LogP contribution in [0.25, 0.3) is 5.69 Å². The first-order valence-corrected chi connectivity index (χ1v) is 8.15. The number of hydrogen-bond acceptors (Lipinski definition) is 3. The molecule has 1 aliphatic rings. The van der Waals surface area contributed by atoms with Crippen molar-refractivity contribution in [3.8, 4) is 5.69 Å². The van der Waals surface area contributed by atoms with Gasteiger partial charge in [0.1, 0.15) is 11.5 Å². The van der Waals surface area contributed by atoms with Crippen molar-refractivity contribution >= 4 is 5.91 Å². The van der Waals surface area contributed by atoms with Gasteiger partial charge in [-0.1, -0.05) is 26.0 Å². The fourth-order valence-corrected chi connectivity index (χ4v) is 3.20. The predicted octanol–water partition coefficient (Wildman–Crippen LogP) is 2.52. The van der Waals surface area contributed by atoms with E-state index >= 15 is 0 Å². The summed E-state index contributed by atoms with van der Waals surface area (Å²) in [7, 11) is 0. The van der Waals surface area contributed by atoms with Crippen molar-refractivity contribution in [3.63, 3.8) is 0 Å². The Balaban J connectivity index is 1.89. The summed E-state index contributed by atoms with van der Waals surface area (Å²) in [5.74, 6) is -0.442. The molecular formula is C18H23FN4O. The van der Waals surface area contributed by atoms with Gasteiger partial charge in [0.15, 0.2) is 0 Å². The molecule has 0 aliphatic carbocycles. The van der Waals surface area contributed by atoms with E-state index in [9.17, 15) is 9.18 Å². The fraction of sp³-hybridized carbons (Fsp3) is 0.444. The Labute approximate surface area is 141 Å². The molecule has 1 aromatic carbocycles. The van der Waals surface area contributed by atoms with Crippen molar-refractivity contribution in [2.75, 3.05) is 13.1 Å². The number of piperidine rings is 1. The van der Waals surface area contributed by atoms with Crippen LogP contribution >= 0.6 is 0 Å². The number of carbonyl (C=O) groups excluding carboxylic acids is 1. The van der Waals surface area contributed by atoms with Gasteiger partial charge in [0.25, 0.3) is 5.91 Å². The molecule has 1 aliphatic heterocycles. The van der Waals surface area contributed by atoms with Crippen LogP contribution in [-0.2, 0) is 0 Å². The normalized spacial score (nSPS) is 20.2. The van der Waals surface area contributed by atoms with Crippen molar-refractivity contribution in [1.29, 1.82) is 0 Å². The van der Waals surface area contributed by atoms with E-state index in [-0.39, 0.29) is 23.2 Å². The number of carbonyl (C=O) groups is 1. The smallest absolute Gasteiger partial charge is 0.257 e. The van der Waals surface area contributed by atoms with Crippen LogP contribution < -0.4 is 5.73 Å². The van der Waals surface area contributed by atoms with E-state index in [1.807, 2.05) is 4.90 Å². The number of likely N-dealkylation sites (tertiary alicyclic amines) is 1. The van der Waals surface area contributed by atoms with Crippen LogP contribution in [0.3, 0.4) is 0 Å². The summed E-state index contributed by atoms with van der Waals surface area (Å²) in [6.45, 7) is 7.18. The summed E-state index contributed by atoms with van der Waals surface area (Å²) in [5.41, 5.74) is 7.51. The second-order valence-corrected chi connectivity index (χ2v) is 7.12. The first-order valence-electron chi connectivity index (χ1n) is 8.15. The van der Waals surface area contributed by atoms with Gasteiger partial charge in [0.2, 0.25) is 0 Å². The number of rotatable bonds is 2. The molecule has 1 fully saturated rings. The number of benzene rings is 1. The Kier molecular flexibility index (Phi) is 4.17. The monoisotopic (exact) mass is 330 g/mol. The van der Waals surface area contributed by atoms with Crippen molar-refractivity contribution < 1.29 is 9.18 Å². The molecule has 1 saturated heterocycles. The number of halogens is 1. The van der Waals surface area contributed by atoms with E-state index < -0.39 is 0 Å². The van der Waals surface area contributed by atoms with E-state index in [1.165, 1.54) is 16.9 Å². The molecule has 24 heavy (non-hydrogen) atoms. The number of hydrogen-bond donors (Lipinski definition) is 1. The topological polar surface area (TPSA) is 64.2 Å².